The van der Waals surface area contributed by atoms with Gasteiger partial charge in [0.05, 0.1) is 13.2 Å². The lowest BCUT2D eigenvalue weighted by atomic mass is 10.2. The number of hydrogen-bond donors (Lipinski definition) is 1. The van der Waals surface area contributed by atoms with Crippen LogP contribution in [0, 0.1) is 0 Å². The Labute approximate surface area is 95.4 Å². The summed E-state index contributed by atoms with van der Waals surface area (Å²) in [6, 6.07) is 9.89. The molecule has 0 radical (unpaired) electrons. The normalized spacial score (nSPS) is 11.4. The number of carbonyl (C=O) groups is 1. The molecule has 86 valence electrons. The van der Waals surface area contributed by atoms with E-state index in [1.54, 1.807) is 6.92 Å². The number of carboxylic acids is 1. The van der Waals surface area contributed by atoms with Crippen molar-refractivity contribution in [2.45, 2.75) is 20.0 Å². The summed E-state index contributed by atoms with van der Waals surface area (Å²) >= 11 is 0. The Morgan fingerprint density at radius 2 is 2.06 bits per heavy atom. The fourth-order valence-corrected chi connectivity index (χ4v) is 1.28. The first kappa shape index (κ1) is 12.5. The third-order valence-corrected chi connectivity index (χ3v) is 2.12. The van der Waals surface area contributed by atoms with E-state index in [1.165, 1.54) is 6.08 Å². The van der Waals surface area contributed by atoms with Crippen molar-refractivity contribution in [3.8, 4) is 0 Å². The lowest BCUT2D eigenvalue weighted by Gasteiger charge is -2.04. The predicted molar refractivity (Wildman–Crippen MR) is 62.1 cm³/mol. The van der Waals surface area contributed by atoms with Crippen molar-refractivity contribution in [2.75, 3.05) is 6.61 Å². The number of hydrogen-bond acceptors (Lipinski definition) is 2. The molecular formula is C13H16O3. The predicted octanol–water partition coefficient (Wildman–Crippen LogP) is 2.62. The molecule has 1 N–H and O–H groups in total. The zero-order valence-corrected chi connectivity index (χ0v) is 9.35. The Morgan fingerprint density at radius 3 is 2.69 bits per heavy atom. The van der Waals surface area contributed by atoms with E-state index in [0.717, 1.165) is 11.1 Å². The van der Waals surface area contributed by atoms with E-state index in [0.29, 0.717) is 19.6 Å². The molecule has 0 aromatic heterocycles. The van der Waals surface area contributed by atoms with Gasteiger partial charge >= 0.3 is 5.97 Å². The van der Waals surface area contributed by atoms with E-state index in [-0.39, 0.29) is 0 Å². The van der Waals surface area contributed by atoms with Gasteiger partial charge in [-0.2, -0.15) is 0 Å². The van der Waals surface area contributed by atoms with Gasteiger partial charge in [0, 0.05) is 6.08 Å². The molecule has 0 atom stereocenters. The van der Waals surface area contributed by atoms with E-state index in [1.807, 2.05) is 30.3 Å². The molecule has 1 aromatic rings. The maximum Gasteiger partial charge on any atom is 0.328 e. The van der Waals surface area contributed by atoms with Gasteiger partial charge in [-0.3, -0.25) is 0 Å². The monoisotopic (exact) mass is 220 g/mol. The molecule has 0 saturated carbocycles. The Balaban J connectivity index is 2.20. The van der Waals surface area contributed by atoms with Gasteiger partial charge in [-0.15, -0.1) is 0 Å². The molecule has 1 aromatic carbocycles. The number of aliphatic carboxylic acids is 1. The van der Waals surface area contributed by atoms with E-state index in [9.17, 15) is 4.79 Å². The van der Waals surface area contributed by atoms with E-state index >= 15 is 0 Å². The minimum Gasteiger partial charge on any atom is -0.478 e. The summed E-state index contributed by atoms with van der Waals surface area (Å²) in [6.45, 7) is 2.91. The largest absolute Gasteiger partial charge is 0.478 e. The second-order valence-corrected chi connectivity index (χ2v) is 3.62. The van der Waals surface area contributed by atoms with Gasteiger partial charge < -0.3 is 9.84 Å². The molecule has 0 amide bonds. The molecule has 0 aliphatic rings. The van der Waals surface area contributed by atoms with Gasteiger partial charge in [-0.25, -0.2) is 4.79 Å². The van der Waals surface area contributed by atoms with Crippen molar-refractivity contribution in [3.63, 3.8) is 0 Å². The molecule has 0 saturated heterocycles. The molecule has 16 heavy (non-hydrogen) atoms. The fraction of sp³-hybridized carbons (Fsp3) is 0.308. The summed E-state index contributed by atoms with van der Waals surface area (Å²) in [4.78, 5) is 10.3. The topological polar surface area (TPSA) is 46.5 Å². The maximum absolute atomic E-state index is 10.3. The lowest BCUT2D eigenvalue weighted by molar-refractivity contribution is -0.131. The highest BCUT2D eigenvalue weighted by molar-refractivity contribution is 5.80. The standard InChI is InChI=1S/C13H16O3/c1-11(9-13(14)15)7-8-16-10-12-5-3-2-4-6-12/h2-6,9H,7-8,10H2,1H3,(H,14,15)/b11-9+. The van der Waals surface area contributed by atoms with Crippen molar-refractivity contribution >= 4 is 5.97 Å². The molecular weight excluding hydrogens is 204 g/mol. The van der Waals surface area contributed by atoms with Gasteiger partial charge in [-0.1, -0.05) is 35.9 Å². The molecule has 0 aliphatic carbocycles. The van der Waals surface area contributed by atoms with E-state index in [4.69, 9.17) is 9.84 Å². The number of carboxylic acid groups (broad SMARTS) is 1. The average molecular weight is 220 g/mol. The SMILES string of the molecule is C/C(=C\C(=O)O)CCOCc1ccccc1. The molecule has 0 spiro atoms. The van der Waals surface area contributed by atoms with E-state index < -0.39 is 5.97 Å². The Kier molecular flexibility index (Phi) is 5.29. The summed E-state index contributed by atoms with van der Waals surface area (Å²) in [5.74, 6) is -0.902. The van der Waals surface area contributed by atoms with Gasteiger partial charge in [0.15, 0.2) is 0 Å². The maximum atomic E-state index is 10.3. The molecule has 0 unspecified atom stereocenters. The lowest BCUT2D eigenvalue weighted by Crippen LogP contribution is -1.97. The van der Waals surface area contributed by atoms with E-state index in [2.05, 4.69) is 0 Å². The third kappa shape index (κ3) is 5.32. The van der Waals surface area contributed by atoms with Crippen LogP contribution in [-0.2, 0) is 16.1 Å². The molecule has 3 nitrogen and oxygen atoms in total. The van der Waals surface area contributed by atoms with Crippen LogP contribution < -0.4 is 0 Å². The van der Waals surface area contributed by atoms with Gasteiger partial charge in [0.2, 0.25) is 0 Å². The van der Waals surface area contributed by atoms with Crippen LogP contribution in [0.3, 0.4) is 0 Å². The minimum atomic E-state index is -0.902. The van der Waals surface area contributed by atoms with Crippen LogP contribution in [0.1, 0.15) is 18.9 Å². The number of ether oxygens (including phenoxy) is 1. The van der Waals surface area contributed by atoms with Gasteiger partial charge in [0.1, 0.15) is 0 Å². The zero-order chi connectivity index (χ0) is 11.8. The Bertz CT molecular complexity index is 355. The van der Waals surface area contributed by atoms with Crippen molar-refractivity contribution in [2.24, 2.45) is 0 Å². The summed E-state index contributed by atoms with van der Waals surface area (Å²) in [5, 5.41) is 8.50. The first-order chi connectivity index (χ1) is 7.68. The molecule has 0 fully saturated rings. The first-order valence-corrected chi connectivity index (χ1v) is 5.20. The van der Waals surface area contributed by atoms with Crippen LogP contribution in [0.5, 0.6) is 0 Å². The number of rotatable bonds is 6. The summed E-state index contributed by atoms with van der Waals surface area (Å²) < 4.78 is 5.44. The van der Waals surface area contributed by atoms with Gasteiger partial charge in [-0.05, 0) is 18.9 Å². The Morgan fingerprint density at radius 1 is 1.38 bits per heavy atom. The van der Waals surface area contributed by atoms with Crippen molar-refractivity contribution < 1.29 is 14.6 Å². The first-order valence-electron chi connectivity index (χ1n) is 5.20. The van der Waals surface area contributed by atoms with Crippen molar-refractivity contribution in [3.05, 3.63) is 47.5 Å². The Hall–Kier alpha value is -1.61. The quantitative estimate of drug-likeness (QED) is 0.592. The van der Waals surface area contributed by atoms with Crippen LogP contribution >= 0.6 is 0 Å². The third-order valence-electron chi connectivity index (χ3n) is 2.12. The van der Waals surface area contributed by atoms with Gasteiger partial charge in [0.25, 0.3) is 0 Å². The highest BCUT2D eigenvalue weighted by Crippen LogP contribution is 2.04. The van der Waals surface area contributed by atoms with Crippen LogP contribution in [0.2, 0.25) is 0 Å². The van der Waals surface area contributed by atoms with Crippen LogP contribution in [-0.4, -0.2) is 17.7 Å². The average Bonchev–Trinajstić information content (AvgIpc) is 2.25. The number of benzene rings is 1. The molecule has 3 heteroatoms. The van der Waals surface area contributed by atoms with Crippen LogP contribution in [0.4, 0.5) is 0 Å². The minimum absolute atomic E-state index is 0.546. The zero-order valence-electron chi connectivity index (χ0n) is 9.35. The summed E-state index contributed by atoms with van der Waals surface area (Å²) in [6.07, 6.45) is 1.87. The fourth-order valence-electron chi connectivity index (χ4n) is 1.28. The molecule has 1 rings (SSSR count). The molecule has 0 heterocycles. The van der Waals surface area contributed by atoms with Crippen LogP contribution in [0.15, 0.2) is 42.0 Å². The molecule has 0 aliphatic heterocycles. The van der Waals surface area contributed by atoms with Crippen molar-refractivity contribution in [1.82, 2.24) is 0 Å². The molecule has 0 bridgehead atoms. The van der Waals surface area contributed by atoms with Crippen LogP contribution in [0.25, 0.3) is 0 Å². The second kappa shape index (κ2) is 6.80. The second-order valence-electron chi connectivity index (χ2n) is 3.62. The highest BCUT2D eigenvalue weighted by Gasteiger charge is 1.96. The summed E-state index contributed by atoms with van der Waals surface area (Å²) in [5.41, 5.74) is 1.95. The van der Waals surface area contributed by atoms with Crippen molar-refractivity contribution in [1.29, 1.82) is 0 Å². The smallest absolute Gasteiger partial charge is 0.328 e. The summed E-state index contributed by atoms with van der Waals surface area (Å²) in [7, 11) is 0. The highest BCUT2D eigenvalue weighted by atomic mass is 16.5.